The first-order valence-electron chi connectivity index (χ1n) is 5.09. The summed E-state index contributed by atoms with van der Waals surface area (Å²) in [5, 5.41) is 13.9. The number of aliphatic carboxylic acids is 1. The molecule has 98 valence electrons. The Morgan fingerprint density at radius 3 is 2.72 bits per heavy atom. The number of hydrogen-bond donors (Lipinski definition) is 3. The van der Waals surface area contributed by atoms with Gasteiger partial charge >= 0.3 is 5.97 Å². The summed E-state index contributed by atoms with van der Waals surface area (Å²) >= 11 is 5.82. The lowest BCUT2D eigenvalue weighted by atomic mass is 10.3. The Kier molecular flexibility index (Phi) is 5.26. The molecule has 0 unspecified atom stereocenters. The number of carbonyl (C=O) groups is 2. The van der Waals surface area contributed by atoms with Gasteiger partial charge < -0.3 is 20.5 Å². The van der Waals surface area contributed by atoms with Gasteiger partial charge in [0.05, 0.1) is 19.3 Å². The number of rotatable bonds is 6. The van der Waals surface area contributed by atoms with Crippen LogP contribution in [0.5, 0.6) is 5.75 Å². The van der Waals surface area contributed by atoms with Crippen LogP contribution in [-0.2, 0) is 9.59 Å². The third-order valence-electron chi connectivity index (χ3n) is 2.04. The Bertz CT molecular complexity index is 451. The highest BCUT2D eigenvalue weighted by molar-refractivity contribution is 6.30. The number of ether oxygens (including phenoxy) is 1. The summed E-state index contributed by atoms with van der Waals surface area (Å²) in [7, 11) is 1.50. The third-order valence-corrected chi connectivity index (χ3v) is 2.27. The molecule has 7 heteroatoms. The molecule has 6 nitrogen and oxygen atoms in total. The maximum absolute atomic E-state index is 11.3. The first-order valence-corrected chi connectivity index (χ1v) is 5.46. The largest absolute Gasteiger partial charge is 0.495 e. The molecule has 0 aliphatic rings. The van der Waals surface area contributed by atoms with E-state index in [4.69, 9.17) is 21.4 Å². The zero-order chi connectivity index (χ0) is 13.5. The average Bonchev–Trinajstić information content (AvgIpc) is 2.34. The molecule has 0 radical (unpaired) electrons. The molecule has 0 aliphatic carbocycles. The normalized spacial score (nSPS) is 9.67. The van der Waals surface area contributed by atoms with Crippen molar-refractivity contribution in [1.82, 2.24) is 5.32 Å². The molecule has 1 rings (SSSR count). The van der Waals surface area contributed by atoms with E-state index in [1.165, 1.54) is 7.11 Å². The number of halogens is 1. The smallest absolute Gasteiger partial charge is 0.322 e. The second kappa shape index (κ2) is 6.70. The number of hydrogen-bond acceptors (Lipinski definition) is 4. The summed E-state index contributed by atoms with van der Waals surface area (Å²) in [6, 6.07) is 4.95. The fraction of sp³-hybridized carbons (Fsp3) is 0.273. The minimum absolute atomic E-state index is 0.0655. The van der Waals surface area contributed by atoms with Crippen LogP contribution in [0.3, 0.4) is 0 Å². The number of anilines is 1. The van der Waals surface area contributed by atoms with E-state index in [1.54, 1.807) is 18.2 Å². The number of amides is 1. The van der Waals surface area contributed by atoms with Crippen molar-refractivity contribution in [3.8, 4) is 5.75 Å². The standard InChI is InChI=1S/C11H13ClN2O4/c1-18-9-3-2-7(12)4-8(9)13-5-10(15)14-6-11(16)17/h2-4,13H,5-6H2,1H3,(H,14,15)(H,16,17). The molecule has 0 saturated heterocycles. The molecule has 18 heavy (non-hydrogen) atoms. The highest BCUT2D eigenvalue weighted by Gasteiger charge is 2.07. The van der Waals surface area contributed by atoms with Crippen LogP contribution >= 0.6 is 11.6 Å². The molecule has 3 N–H and O–H groups in total. The Balaban J connectivity index is 2.54. The molecule has 1 amide bonds. The van der Waals surface area contributed by atoms with Crippen molar-refractivity contribution >= 4 is 29.2 Å². The van der Waals surface area contributed by atoms with Crippen molar-refractivity contribution in [2.75, 3.05) is 25.5 Å². The van der Waals surface area contributed by atoms with E-state index in [1.807, 2.05) is 0 Å². The number of benzene rings is 1. The molecular weight excluding hydrogens is 260 g/mol. The van der Waals surface area contributed by atoms with Gasteiger partial charge in [-0.15, -0.1) is 0 Å². The molecule has 0 aliphatic heterocycles. The van der Waals surface area contributed by atoms with Crippen molar-refractivity contribution < 1.29 is 19.4 Å². The van der Waals surface area contributed by atoms with Crippen LogP contribution in [0.1, 0.15) is 0 Å². The van der Waals surface area contributed by atoms with E-state index in [-0.39, 0.29) is 6.54 Å². The lowest BCUT2D eigenvalue weighted by Gasteiger charge is -2.11. The fourth-order valence-corrected chi connectivity index (χ4v) is 1.40. The fourth-order valence-electron chi connectivity index (χ4n) is 1.23. The van der Waals surface area contributed by atoms with E-state index >= 15 is 0 Å². The van der Waals surface area contributed by atoms with Crippen LogP contribution in [0.2, 0.25) is 5.02 Å². The van der Waals surface area contributed by atoms with Crippen molar-refractivity contribution in [2.45, 2.75) is 0 Å². The average molecular weight is 273 g/mol. The van der Waals surface area contributed by atoms with Crippen LogP contribution in [0.4, 0.5) is 5.69 Å². The predicted molar refractivity (Wildman–Crippen MR) is 67.1 cm³/mol. The molecule has 0 spiro atoms. The molecule has 1 aromatic rings. The van der Waals surface area contributed by atoms with Crippen LogP contribution in [0.15, 0.2) is 18.2 Å². The minimum atomic E-state index is -1.09. The van der Waals surface area contributed by atoms with E-state index in [9.17, 15) is 9.59 Å². The SMILES string of the molecule is COc1ccc(Cl)cc1NCC(=O)NCC(=O)O. The first-order chi connectivity index (χ1) is 8.52. The number of methoxy groups -OCH3 is 1. The lowest BCUT2D eigenvalue weighted by molar-refractivity contribution is -0.137. The first kappa shape index (κ1) is 14.1. The van der Waals surface area contributed by atoms with Gasteiger partial charge in [0.15, 0.2) is 0 Å². The Hall–Kier alpha value is -1.95. The van der Waals surface area contributed by atoms with Gasteiger partial charge in [-0.1, -0.05) is 11.6 Å². The van der Waals surface area contributed by atoms with Gasteiger partial charge in [-0.2, -0.15) is 0 Å². The minimum Gasteiger partial charge on any atom is -0.495 e. The van der Waals surface area contributed by atoms with Gasteiger partial charge in [-0.05, 0) is 18.2 Å². The van der Waals surface area contributed by atoms with Crippen molar-refractivity contribution in [1.29, 1.82) is 0 Å². The van der Waals surface area contributed by atoms with Crippen LogP contribution < -0.4 is 15.4 Å². The predicted octanol–water partition coefficient (Wildman–Crippen LogP) is 0.961. The van der Waals surface area contributed by atoms with Gasteiger partial charge in [0.25, 0.3) is 0 Å². The summed E-state index contributed by atoms with van der Waals surface area (Å²) in [5.74, 6) is -0.978. The lowest BCUT2D eigenvalue weighted by Crippen LogP contribution is -2.33. The van der Waals surface area contributed by atoms with E-state index in [2.05, 4.69) is 10.6 Å². The quantitative estimate of drug-likeness (QED) is 0.718. The summed E-state index contributed by atoms with van der Waals surface area (Å²) in [6.07, 6.45) is 0. The number of carboxylic acid groups (broad SMARTS) is 1. The maximum atomic E-state index is 11.3. The van der Waals surface area contributed by atoms with Gasteiger partial charge in [-0.25, -0.2) is 0 Å². The third kappa shape index (κ3) is 4.50. The molecule has 0 heterocycles. The zero-order valence-corrected chi connectivity index (χ0v) is 10.5. The molecule has 0 bridgehead atoms. The second-order valence-corrected chi connectivity index (χ2v) is 3.81. The van der Waals surface area contributed by atoms with E-state index in [0.717, 1.165) is 0 Å². The summed E-state index contributed by atoms with van der Waals surface area (Å²) in [5.41, 5.74) is 0.565. The van der Waals surface area contributed by atoms with Crippen molar-refractivity contribution in [3.05, 3.63) is 23.2 Å². The molecule has 0 saturated carbocycles. The highest BCUT2D eigenvalue weighted by atomic mass is 35.5. The Labute approximate surface area is 109 Å². The number of carbonyl (C=O) groups excluding carboxylic acids is 1. The van der Waals surface area contributed by atoms with Crippen molar-refractivity contribution in [2.24, 2.45) is 0 Å². The maximum Gasteiger partial charge on any atom is 0.322 e. The van der Waals surface area contributed by atoms with Crippen LogP contribution in [0.25, 0.3) is 0 Å². The number of carboxylic acids is 1. The van der Waals surface area contributed by atoms with Gasteiger partial charge in [-0.3, -0.25) is 9.59 Å². The summed E-state index contributed by atoms with van der Waals surface area (Å²) in [4.78, 5) is 21.5. The Morgan fingerprint density at radius 1 is 1.39 bits per heavy atom. The topological polar surface area (TPSA) is 87.7 Å². The monoisotopic (exact) mass is 272 g/mol. The molecule has 1 aromatic carbocycles. The van der Waals surface area contributed by atoms with Crippen LogP contribution in [0, 0.1) is 0 Å². The van der Waals surface area contributed by atoms with Crippen LogP contribution in [-0.4, -0.2) is 37.2 Å². The van der Waals surface area contributed by atoms with Gasteiger partial charge in [0.1, 0.15) is 12.3 Å². The number of nitrogens with one attached hydrogen (secondary N) is 2. The van der Waals surface area contributed by atoms with Crippen molar-refractivity contribution in [3.63, 3.8) is 0 Å². The molecule has 0 fully saturated rings. The molecular formula is C11H13ClN2O4. The highest BCUT2D eigenvalue weighted by Crippen LogP contribution is 2.27. The summed E-state index contributed by atoms with van der Waals surface area (Å²) in [6.45, 7) is -0.475. The molecule has 0 atom stereocenters. The van der Waals surface area contributed by atoms with Gasteiger partial charge in [0.2, 0.25) is 5.91 Å². The summed E-state index contributed by atoms with van der Waals surface area (Å²) < 4.78 is 5.08. The second-order valence-electron chi connectivity index (χ2n) is 3.37. The Morgan fingerprint density at radius 2 is 2.11 bits per heavy atom. The zero-order valence-electron chi connectivity index (χ0n) is 9.70. The van der Waals surface area contributed by atoms with E-state index < -0.39 is 18.4 Å². The molecule has 0 aromatic heterocycles. The van der Waals surface area contributed by atoms with E-state index in [0.29, 0.717) is 16.5 Å². The van der Waals surface area contributed by atoms with Gasteiger partial charge in [0, 0.05) is 5.02 Å².